The number of hydrogen-bond donors (Lipinski definition) is 1. The summed E-state index contributed by atoms with van der Waals surface area (Å²) in [5, 5.41) is 10.3. The zero-order valence-electron chi connectivity index (χ0n) is 12.1. The second-order valence-electron chi connectivity index (χ2n) is 5.64. The summed E-state index contributed by atoms with van der Waals surface area (Å²) >= 11 is 0. The molecule has 0 aliphatic carbocycles. The number of aliphatic hydroxyl groups excluding tert-OH is 1. The molecule has 3 nitrogen and oxygen atoms in total. The van der Waals surface area contributed by atoms with Gasteiger partial charge in [-0.3, -0.25) is 0 Å². The van der Waals surface area contributed by atoms with E-state index in [-0.39, 0.29) is 5.92 Å². The van der Waals surface area contributed by atoms with Crippen LogP contribution in [-0.2, 0) is 0 Å². The minimum atomic E-state index is -0.436. The molecule has 0 radical (unpaired) electrons. The molecule has 3 atom stereocenters. The molecule has 106 valence electrons. The van der Waals surface area contributed by atoms with Crippen LogP contribution in [0.25, 0.3) is 0 Å². The van der Waals surface area contributed by atoms with E-state index in [1.807, 2.05) is 18.2 Å². The molecule has 0 aromatic heterocycles. The molecule has 0 saturated heterocycles. The minimum absolute atomic E-state index is 0.258. The van der Waals surface area contributed by atoms with E-state index in [2.05, 4.69) is 20.8 Å². The molecule has 1 aliphatic heterocycles. The summed E-state index contributed by atoms with van der Waals surface area (Å²) in [5.74, 6) is 2.18. The molecule has 1 heterocycles. The molecular formula is C16H24O3. The lowest BCUT2D eigenvalue weighted by Gasteiger charge is -2.19. The monoisotopic (exact) mass is 264 g/mol. The Bertz CT molecular complexity index is 416. The number of fused-ring (bicyclic) bond motifs is 1. The van der Waals surface area contributed by atoms with Crippen molar-refractivity contribution in [3.8, 4) is 11.5 Å². The number of rotatable bonds is 4. The Morgan fingerprint density at radius 2 is 1.95 bits per heavy atom. The largest absolute Gasteiger partial charge is 0.489 e. The van der Waals surface area contributed by atoms with Gasteiger partial charge in [0, 0.05) is 5.92 Å². The molecule has 0 amide bonds. The molecule has 19 heavy (non-hydrogen) atoms. The van der Waals surface area contributed by atoms with Crippen LogP contribution in [0.5, 0.6) is 11.5 Å². The first-order valence-corrected chi connectivity index (χ1v) is 7.19. The molecule has 0 fully saturated rings. The van der Waals surface area contributed by atoms with Crippen LogP contribution < -0.4 is 9.47 Å². The molecule has 0 bridgehead atoms. The average Bonchev–Trinajstić information content (AvgIpc) is 2.60. The van der Waals surface area contributed by atoms with Crippen molar-refractivity contribution >= 4 is 0 Å². The third-order valence-electron chi connectivity index (χ3n) is 3.64. The van der Waals surface area contributed by atoms with Crippen LogP contribution in [-0.4, -0.2) is 18.3 Å². The van der Waals surface area contributed by atoms with Gasteiger partial charge in [-0.15, -0.1) is 0 Å². The van der Waals surface area contributed by atoms with E-state index in [0.29, 0.717) is 19.1 Å². The topological polar surface area (TPSA) is 38.7 Å². The molecule has 1 N–H and O–H groups in total. The van der Waals surface area contributed by atoms with E-state index in [1.54, 1.807) is 0 Å². The van der Waals surface area contributed by atoms with Crippen LogP contribution >= 0.6 is 0 Å². The predicted octanol–water partition coefficient (Wildman–Crippen LogP) is 3.56. The summed E-state index contributed by atoms with van der Waals surface area (Å²) in [6.07, 6.45) is 1.67. The third kappa shape index (κ3) is 3.41. The lowest BCUT2D eigenvalue weighted by atomic mass is 9.93. The smallest absolute Gasteiger partial charge is 0.161 e. The van der Waals surface area contributed by atoms with Crippen molar-refractivity contribution in [1.29, 1.82) is 0 Å². The highest BCUT2D eigenvalue weighted by molar-refractivity contribution is 5.44. The van der Waals surface area contributed by atoms with Crippen LogP contribution in [0, 0.1) is 11.8 Å². The van der Waals surface area contributed by atoms with E-state index < -0.39 is 6.10 Å². The molecule has 1 aromatic carbocycles. The van der Waals surface area contributed by atoms with Crippen molar-refractivity contribution < 1.29 is 14.6 Å². The fourth-order valence-corrected chi connectivity index (χ4v) is 2.39. The normalized spacial score (nSPS) is 21.6. The van der Waals surface area contributed by atoms with Crippen molar-refractivity contribution in [2.24, 2.45) is 11.8 Å². The fourth-order valence-electron chi connectivity index (χ4n) is 2.39. The van der Waals surface area contributed by atoms with Gasteiger partial charge >= 0.3 is 0 Å². The van der Waals surface area contributed by atoms with Gasteiger partial charge in [0.1, 0.15) is 0 Å². The standard InChI is InChI=1S/C16H24O3/c1-4-5-12(3)16(17)13-6-7-14-15(8-13)19-10-11(2)9-18-14/h6-8,11-12,16-17H,4-5,9-10H2,1-3H3. The van der Waals surface area contributed by atoms with E-state index in [4.69, 9.17) is 9.47 Å². The van der Waals surface area contributed by atoms with E-state index >= 15 is 0 Å². The van der Waals surface area contributed by atoms with Gasteiger partial charge in [-0.05, 0) is 30.0 Å². The molecule has 0 saturated carbocycles. The van der Waals surface area contributed by atoms with Gasteiger partial charge in [-0.1, -0.05) is 33.3 Å². The second-order valence-corrected chi connectivity index (χ2v) is 5.64. The first-order chi connectivity index (χ1) is 9.11. The lowest BCUT2D eigenvalue weighted by Crippen LogP contribution is -2.12. The van der Waals surface area contributed by atoms with Gasteiger partial charge in [-0.2, -0.15) is 0 Å². The van der Waals surface area contributed by atoms with Gasteiger partial charge in [0.2, 0.25) is 0 Å². The van der Waals surface area contributed by atoms with Crippen LogP contribution in [0.3, 0.4) is 0 Å². The summed E-state index contributed by atoms with van der Waals surface area (Å²) in [6.45, 7) is 7.67. The highest BCUT2D eigenvalue weighted by Crippen LogP contribution is 2.35. The van der Waals surface area contributed by atoms with Crippen molar-refractivity contribution in [2.75, 3.05) is 13.2 Å². The first kappa shape index (κ1) is 14.2. The maximum Gasteiger partial charge on any atom is 0.161 e. The molecule has 2 rings (SSSR count). The highest BCUT2D eigenvalue weighted by Gasteiger charge is 2.20. The highest BCUT2D eigenvalue weighted by atomic mass is 16.5. The minimum Gasteiger partial charge on any atom is -0.489 e. The fraction of sp³-hybridized carbons (Fsp3) is 0.625. The lowest BCUT2D eigenvalue weighted by molar-refractivity contribution is 0.112. The maximum absolute atomic E-state index is 10.3. The number of ether oxygens (including phenoxy) is 2. The zero-order chi connectivity index (χ0) is 13.8. The van der Waals surface area contributed by atoms with Crippen LogP contribution in [0.1, 0.15) is 45.3 Å². The summed E-state index contributed by atoms with van der Waals surface area (Å²) in [6, 6.07) is 5.77. The Kier molecular flexibility index (Phi) is 4.70. The van der Waals surface area contributed by atoms with E-state index in [0.717, 1.165) is 29.9 Å². The predicted molar refractivity (Wildman–Crippen MR) is 75.6 cm³/mol. The Morgan fingerprint density at radius 3 is 2.63 bits per heavy atom. The molecule has 3 unspecified atom stereocenters. The van der Waals surface area contributed by atoms with E-state index in [1.165, 1.54) is 0 Å². The van der Waals surface area contributed by atoms with Gasteiger partial charge in [0.25, 0.3) is 0 Å². The number of hydrogen-bond acceptors (Lipinski definition) is 3. The van der Waals surface area contributed by atoms with Gasteiger partial charge in [0.15, 0.2) is 11.5 Å². The summed E-state index contributed by atoms with van der Waals surface area (Å²) in [5.41, 5.74) is 0.915. The van der Waals surface area contributed by atoms with Gasteiger partial charge in [-0.25, -0.2) is 0 Å². The average molecular weight is 264 g/mol. The van der Waals surface area contributed by atoms with Gasteiger partial charge in [0.05, 0.1) is 19.3 Å². The van der Waals surface area contributed by atoms with Gasteiger partial charge < -0.3 is 14.6 Å². The third-order valence-corrected chi connectivity index (χ3v) is 3.64. The number of benzene rings is 1. The Morgan fingerprint density at radius 1 is 1.26 bits per heavy atom. The molecule has 0 spiro atoms. The van der Waals surface area contributed by atoms with E-state index in [9.17, 15) is 5.11 Å². The molecule has 1 aromatic rings. The molecular weight excluding hydrogens is 240 g/mol. The molecule has 3 heteroatoms. The quantitative estimate of drug-likeness (QED) is 0.903. The van der Waals surface area contributed by atoms with Crippen LogP contribution in [0.15, 0.2) is 18.2 Å². The summed E-state index contributed by atoms with van der Waals surface area (Å²) in [7, 11) is 0. The summed E-state index contributed by atoms with van der Waals surface area (Å²) < 4.78 is 11.5. The van der Waals surface area contributed by atoms with Crippen molar-refractivity contribution in [3.63, 3.8) is 0 Å². The van der Waals surface area contributed by atoms with Crippen LogP contribution in [0.4, 0.5) is 0 Å². The van der Waals surface area contributed by atoms with Crippen molar-refractivity contribution in [3.05, 3.63) is 23.8 Å². The SMILES string of the molecule is CCCC(C)C(O)c1ccc2c(c1)OCC(C)CO2. The van der Waals surface area contributed by atoms with Crippen molar-refractivity contribution in [1.82, 2.24) is 0 Å². The Hall–Kier alpha value is -1.22. The van der Waals surface area contributed by atoms with Crippen LogP contribution in [0.2, 0.25) is 0 Å². The Labute approximate surface area is 115 Å². The Balaban J connectivity index is 2.16. The second kappa shape index (κ2) is 6.29. The summed E-state index contributed by atoms with van der Waals surface area (Å²) in [4.78, 5) is 0. The zero-order valence-corrected chi connectivity index (χ0v) is 12.1. The first-order valence-electron chi connectivity index (χ1n) is 7.19. The molecule has 1 aliphatic rings. The maximum atomic E-state index is 10.3. The van der Waals surface area contributed by atoms with Crippen molar-refractivity contribution in [2.45, 2.75) is 39.7 Å². The number of aliphatic hydroxyl groups is 1.